The summed E-state index contributed by atoms with van der Waals surface area (Å²) in [5.41, 5.74) is 0. The van der Waals surface area contributed by atoms with Crippen molar-refractivity contribution in [2.45, 2.75) is 5.79 Å². The fraction of sp³-hybridized carbons (Fsp3) is 0.500. The van der Waals surface area contributed by atoms with Crippen LogP contribution in [0.5, 0.6) is 0 Å². The van der Waals surface area contributed by atoms with Crippen molar-refractivity contribution in [3.8, 4) is 0 Å². The number of hydrogen-bond donors (Lipinski definition) is 0. The summed E-state index contributed by atoms with van der Waals surface area (Å²) >= 11 is 0. The quantitative estimate of drug-likeness (QED) is 0.508. The predicted octanol–water partition coefficient (Wildman–Crippen LogP) is 0.574. The highest BCUT2D eigenvalue weighted by Crippen LogP contribution is 2.14. The molecular formula is C6H9NO2. The Kier molecular flexibility index (Phi) is 1.64. The van der Waals surface area contributed by atoms with Gasteiger partial charge < -0.3 is 9.47 Å². The molecule has 0 saturated carbocycles. The van der Waals surface area contributed by atoms with Gasteiger partial charge in [0, 0.05) is 20.4 Å². The maximum atomic E-state index is 4.99. The topological polar surface area (TPSA) is 30.8 Å². The molecule has 0 aliphatic carbocycles. The number of ether oxygens (including phenoxy) is 2. The molecule has 0 fully saturated rings. The molecule has 0 N–H and O–H groups in total. The van der Waals surface area contributed by atoms with E-state index in [2.05, 4.69) is 4.99 Å². The predicted molar refractivity (Wildman–Crippen MR) is 34.4 cm³/mol. The Bertz CT molecular complexity index is 133. The van der Waals surface area contributed by atoms with Gasteiger partial charge >= 0.3 is 0 Å². The van der Waals surface area contributed by atoms with Crippen LogP contribution in [0.1, 0.15) is 0 Å². The highest BCUT2D eigenvalue weighted by Gasteiger charge is 2.25. The summed E-state index contributed by atoms with van der Waals surface area (Å²) < 4.78 is 9.98. The Hall–Kier alpha value is -0.670. The number of hydrogen-bond acceptors (Lipinski definition) is 3. The van der Waals surface area contributed by atoms with E-state index in [4.69, 9.17) is 9.47 Å². The van der Waals surface area contributed by atoms with Crippen molar-refractivity contribution in [2.24, 2.45) is 4.99 Å². The van der Waals surface area contributed by atoms with E-state index in [1.54, 1.807) is 32.7 Å². The Morgan fingerprint density at radius 3 is 2.22 bits per heavy atom. The number of aliphatic imine (C=N–C) groups is 1. The molecule has 0 radical (unpaired) electrons. The molecule has 9 heavy (non-hydrogen) atoms. The number of methoxy groups -OCH3 is 2. The molecular weight excluding hydrogens is 118 g/mol. The van der Waals surface area contributed by atoms with Crippen LogP contribution >= 0.6 is 0 Å². The number of nitrogens with zero attached hydrogens (tertiary/aromatic N) is 1. The van der Waals surface area contributed by atoms with Crippen LogP contribution in [0.2, 0.25) is 0 Å². The van der Waals surface area contributed by atoms with Crippen LogP contribution in [-0.4, -0.2) is 26.2 Å². The van der Waals surface area contributed by atoms with Gasteiger partial charge in [0.25, 0.3) is 0 Å². The molecule has 0 unspecified atom stereocenters. The Labute approximate surface area is 54.0 Å². The third-order valence-corrected chi connectivity index (χ3v) is 1.29. The average molecular weight is 127 g/mol. The SMILES string of the molecule is COC1(OC)C=CN=C1. The average Bonchev–Trinajstić information content (AvgIpc) is 2.36. The van der Waals surface area contributed by atoms with Crippen LogP contribution in [0, 0.1) is 0 Å². The van der Waals surface area contributed by atoms with Crippen molar-refractivity contribution in [2.75, 3.05) is 14.2 Å². The molecule has 1 aliphatic rings. The molecule has 3 heteroatoms. The van der Waals surface area contributed by atoms with E-state index in [9.17, 15) is 0 Å². The van der Waals surface area contributed by atoms with Crippen molar-refractivity contribution < 1.29 is 9.47 Å². The van der Waals surface area contributed by atoms with Gasteiger partial charge in [0.05, 0.1) is 6.21 Å². The van der Waals surface area contributed by atoms with Gasteiger partial charge in [-0.15, -0.1) is 0 Å². The van der Waals surface area contributed by atoms with Gasteiger partial charge in [-0.1, -0.05) is 0 Å². The molecule has 50 valence electrons. The molecule has 0 amide bonds. The molecule has 0 spiro atoms. The summed E-state index contributed by atoms with van der Waals surface area (Å²) in [7, 11) is 3.15. The maximum absolute atomic E-state index is 4.99. The summed E-state index contributed by atoms with van der Waals surface area (Å²) in [6, 6.07) is 0. The van der Waals surface area contributed by atoms with Crippen molar-refractivity contribution in [3.05, 3.63) is 12.3 Å². The highest BCUT2D eigenvalue weighted by molar-refractivity contribution is 5.73. The molecule has 0 aromatic rings. The van der Waals surface area contributed by atoms with E-state index in [-0.39, 0.29) is 0 Å². The maximum Gasteiger partial charge on any atom is 0.226 e. The standard InChI is InChI=1S/C6H9NO2/c1-8-6(9-2)3-4-7-5-6/h3-5H,1-2H3. The second-order valence-corrected chi connectivity index (χ2v) is 1.72. The van der Waals surface area contributed by atoms with Crippen molar-refractivity contribution in [1.29, 1.82) is 0 Å². The molecule has 0 bridgehead atoms. The lowest BCUT2D eigenvalue weighted by atomic mass is 10.3. The highest BCUT2D eigenvalue weighted by atomic mass is 16.7. The van der Waals surface area contributed by atoms with E-state index >= 15 is 0 Å². The van der Waals surface area contributed by atoms with E-state index in [0.29, 0.717) is 0 Å². The minimum atomic E-state index is -0.694. The Morgan fingerprint density at radius 2 is 2.00 bits per heavy atom. The van der Waals surface area contributed by atoms with E-state index in [1.165, 1.54) is 0 Å². The zero-order valence-electron chi connectivity index (χ0n) is 5.50. The van der Waals surface area contributed by atoms with Crippen LogP contribution in [0.15, 0.2) is 17.3 Å². The van der Waals surface area contributed by atoms with Crippen LogP contribution in [0.25, 0.3) is 0 Å². The third-order valence-electron chi connectivity index (χ3n) is 1.29. The number of rotatable bonds is 2. The van der Waals surface area contributed by atoms with Gasteiger partial charge in [0.2, 0.25) is 5.79 Å². The first-order chi connectivity index (χ1) is 4.33. The van der Waals surface area contributed by atoms with Crippen LogP contribution in [-0.2, 0) is 9.47 Å². The summed E-state index contributed by atoms with van der Waals surface area (Å²) in [6.45, 7) is 0. The lowest BCUT2D eigenvalue weighted by Crippen LogP contribution is -2.30. The van der Waals surface area contributed by atoms with Gasteiger partial charge in [-0.25, -0.2) is 0 Å². The lowest BCUT2D eigenvalue weighted by molar-refractivity contribution is -0.111. The van der Waals surface area contributed by atoms with Crippen LogP contribution in [0.3, 0.4) is 0 Å². The minimum absolute atomic E-state index is 0.694. The molecule has 0 aromatic heterocycles. The molecule has 3 nitrogen and oxygen atoms in total. The summed E-state index contributed by atoms with van der Waals surface area (Å²) in [5, 5.41) is 0. The van der Waals surface area contributed by atoms with Crippen LogP contribution in [0.4, 0.5) is 0 Å². The zero-order valence-corrected chi connectivity index (χ0v) is 5.50. The first kappa shape index (κ1) is 6.45. The van der Waals surface area contributed by atoms with Crippen LogP contribution < -0.4 is 0 Å². The normalized spacial score (nSPS) is 21.1. The second kappa shape index (κ2) is 2.29. The molecule has 1 rings (SSSR count). The monoisotopic (exact) mass is 127 g/mol. The van der Waals surface area contributed by atoms with E-state index in [0.717, 1.165) is 0 Å². The van der Waals surface area contributed by atoms with Crippen molar-refractivity contribution >= 4 is 6.21 Å². The van der Waals surface area contributed by atoms with Gasteiger partial charge in [0.15, 0.2) is 0 Å². The van der Waals surface area contributed by atoms with Crippen molar-refractivity contribution in [3.63, 3.8) is 0 Å². The van der Waals surface area contributed by atoms with E-state index < -0.39 is 5.79 Å². The second-order valence-electron chi connectivity index (χ2n) is 1.72. The molecule has 0 atom stereocenters. The largest absolute Gasteiger partial charge is 0.345 e. The first-order valence-corrected chi connectivity index (χ1v) is 2.65. The van der Waals surface area contributed by atoms with Gasteiger partial charge in [-0.05, 0) is 6.08 Å². The molecule has 0 aromatic carbocycles. The van der Waals surface area contributed by atoms with Gasteiger partial charge in [0.1, 0.15) is 0 Å². The Balaban J connectivity index is 2.69. The van der Waals surface area contributed by atoms with E-state index in [1.807, 2.05) is 0 Å². The fourth-order valence-corrected chi connectivity index (χ4v) is 0.662. The fourth-order valence-electron chi connectivity index (χ4n) is 0.662. The molecule has 1 aliphatic heterocycles. The van der Waals surface area contributed by atoms with Gasteiger partial charge in [-0.3, -0.25) is 4.99 Å². The smallest absolute Gasteiger partial charge is 0.226 e. The summed E-state index contributed by atoms with van der Waals surface area (Å²) in [4.78, 5) is 3.82. The third kappa shape index (κ3) is 1.01. The Morgan fingerprint density at radius 1 is 1.33 bits per heavy atom. The first-order valence-electron chi connectivity index (χ1n) is 2.65. The minimum Gasteiger partial charge on any atom is -0.345 e. The van der Waals surface area contributed by atoms with Gasteiger partial charge in [-0.2, -0.15) is 0 Å². The molecule has 1 heterocycles. The zero-order chi connectivity index (χ0) is 6.74. The lowest BCUT2D eigenvalue weighted by Gasteiger charge is -2.18. The summed E-state index contributed by atoms with van der Waals surface area (Å²) in [5.74, 6) is -0.694. The van der Waals surface area contributed by atoms with Crippen molar-refractivity contribution in [1.82, 2.24) is 0 Å². The molecule has 0 saturated heterocycles. The summed E-state index contributed by atoms with van der Waals surface area (Å²) in [6.07, 6.45) is 4.99.